The van der Waals surface area contributed by atoms with Crippen molar-refractivity contribution in [2.75, 3.05) is 19.1 Å². The summed E-state index contributed by atoms with van der Waals surface area (Å²) in [6, 6.07) is 12.0. The smallest absolute Gasteiger partial charge is 0.133 e. The summed E-state index contributed by atoms with van der Waals surface area (Å²) in [6.07, 6.45) is 0.896. The van der Waals surface area contributed by atoms with Crippen LogP contribution in [0.15, 0.2) is 36.4 Å². The first-order valence-electron chi connectivity index (χ1n) is 6.75. The molecule has 0 aliphatic heterocycles. The largest absolute Gasteiger partial charge is 0.497 e. The van der Waals surface area contributed by atoms with Crippen molar-refractivity contribution >= 4 is 11.5 Å². The monoisotopic (exact) mass is 271 g/mol. The van der Waals surface area contributed by atoms with E-state index in [2.05, 4.69) is 18.0 Å². The minimum absolute atomic E-state index is 0.522. The van der Waals surface area contributed by atoms with Crippen LogP contribution in [0.2, 0.25) is 0 Å². The van der Waals surface area contributed by atoms with Crippen LogP contribution >= 0.6 is 0 Å². The fourth-order valence-electron chi connectivity index (χ4n) is 2.06. The third kappa shape index (κ3) is 3.08. The molecule has 0 aliphatic carbocycles. The van der Waals surface area contributed by atoms with Crippen LogP contribution in [0.25, 0.3) is 0 Å². The van der Waals surface area contributed by atoms with Gasteiger partial charge < -0.3 is 15.4 Å². The number of hydrogen-bond acceptors (Lipinski definition) is 4. The Labute approximate surface area is 120 Å². The highest BCUT2D eigenvalue weighted by Gasteiger charge is 2.09. The van der Waals surface area contributed by atoms with Crippen molar-refractivity contribution in [3.8, 4) is 5.75 Å². The summed E-state index contributed by atoms with van der Waals surface area (Å²) >= 11 is 0. The second-order valence-electron chi connectivity index (χ2n) is 4.64. The van der Waals surface area contributed by atoms with Crippen molar-refractivity contribution in [3.05, 3.63) is 47.7 Å². The molecule has 1 aromatic heterocycles. The fourth-order valence-corrected chi connectivity index (χ4v) is 2.06. The summed E-state index contributed by atoms with van der Waals surface area (Å²) in [5.41, 5.74) is 8.95. The van der Waals surface area contributed by atoms with Crippen LogP contribution in [0.1, 0.15) is 18.2 Å². The lowest BCUT2D eigenvalue weighted by atomic mass is 10.2. The zero-order valence-electron chi connectivity index (χ0n) is 12.3. The molecule has 0 saturated carbocycles. The van der Waals surface area contributed by atoms with Crippen LogP contribution in [0.4, 0.5) is 11.5 Å². The van der Waals surface area contributed by atoms with Crippen LogP contribution in [-0.2, 0) is 13.0 Å². The maximum Gasteiger partial charge on any atom is 0.133 e. The van der Waals surface area contributed by atoms with Crippen molar-refractivity contribution < 1.29 is 4.74 Å². The predicted molar refractivity (Wildman–Crippen MR) is 82.6 cm³/mol. The molecule has 1 aromatic carbocycles. The topological polar surface area (TPSA) is 51.4 Å². The zero-order chi connectivity index (χ0) is 14.5. The van der Waals surface area contributed by atoms with Gasteiger partial charge >= 0.3 is 0 Å². The molecule has 0 unspecified atom stereocenters. The normalized spacial score (nSPS) is 10.4. The zero-order valence-corrected chi connectivity index (χ0v) is 12.3. The highest BCUT2D eigenvalue weighted by molar-refractivity contribution is 5.61. The van der Waals surface area contributed by atoms with Gasteiger partial charge in [-0.25, -0.2) is 4.98 Å². The van der Waals surface area contributed by atoms with E-state index in [4.69, 9.17) is 10.5 Å². The number of methoxy groups -OCH3 is 1. The SMILES string of the molecule is CCc1cc(CN)cc(N(C)c2cccc(OC)c2)n1. The minimum Gasteiger partial charge on any atom is -0.497 e. The third-order valence-corrected chi connectivity index (χ3v) is 3.31. The van der Waals surface area contributed by atoms with E-state index in [1.54, 1.807) is 7.11 Å². The molecule has 0 atom stereocenters. The lowest BCUT2D eigenvalue weighted by molar-refractivity contribution is 0.415. The standard InChI is InChI=1S/C16H21N3O/c1-4-13-8-12(11-17)9-16(18-13)19(2)14-6-5-7-15(10-14)20-3/h5-10H,4,11,17H2,1-3H3. The number of rotatable bonds is 5. The summed E-state index contributed by atoms with van der Waals surface area (Å²) in [5, 5.41) is 0. The van der Waals surface area contributed by atoms with Gasteiger partial charge in [0.2, 0.25) is 0 Å². The molecule has 4 nitrogen and oxygen atoms in total. The molecule has 4 heteroatoms. The number of nitrogens with two attached hydrogens (primary N) is 1. The number of ether oxygens (including phenoxy) is 1. The first-order valence-corrected chi connectivity index (χ1v) is 6.75. The predicted octanol–water partition coefficient (Wildman–Crippen LogP) is 2.88. The van der Waals surface area contributed by atoms with E-state index in [9.17, 15) is 0 Å². The fraction of sp³-hybridized carbons (Fsp3) is 0.312. The van der Waals surface area contributed by atoms with Gasteiger partial charge in [-0.05, 0) is 36.2 Å². The van der Waals surface area contributed by atoms with Gasteiger partial charge in [-0.2, -0.15) is 0 Å². The van der Waals surface area contributed by atoms with Crippen molar-refractivity contribution in [1.29, 1.82) is 0 Å². The van der Waals surface area contributed by atoms with E-state index >= 15 is 0 Å². The number of hydrogen-bond donors (Lipinski definition) is 1. The number of nitrogens with zero attached hydrogens (tertiary/aromatic N) is 2. The lowest BCUT2D eigenvalue weighted by Crippen LogP contribution is -2.13. The Morgan fingerprint density at radius 3 is 2.70 bits per heavy atom. The van der Waals surface area contributed by atoms with Crippen LogP contribution in [0, 0.1) is 0 Å². The Morgan fingerprint density at radius 1 is 1.25 bits per heavy atom. The van der Waals surface area contributed by atoms with Crippen molar-refractivity contribution in [2.45, 2.75) is 19.9 Å². The van der Waals surface area contributed by atoms with E-state index in [0.717, 1.165) is 34.9 Å². The van der Waals surface area contributed by atoms with Crippen LogP contribution in [-0.4, -0.2) is 19.1 Å². The van der Waals surface area contributed by atoms with Gasteiger partial charge in [0.15, 0.2) is 0 Å². The van der Waals surface area contributed by atoms with Crippen LogP contribution < -0.4 is 15.4 Å². The molecule has 2 N–H and O–H groups in total. The number of benzene rings is 1. The average Bonchev–Trinajstić information content (AvgIpc) is 2.53. The van der Waals surface area contributed by atoms with Gasteiger partial charge in [0.1, 0.15) is 11.6 Å². The molecule has 0 amide bonds. The second kappa shape index (κ2) is 6.39. The Hall–Kier alpha value is -2.07. The van der Waals surface area contributed by atoms with E-state index < -0.39 is 0 Å². The van der Waals surface area contributed by atoms with Crippen molar-refractivity contribution in [1.82, 2.24) is 4.98 Å². The molecule has 0 aliphatic rings. The van der Waals surface area contributed by atoms with Gasteiger partial charge in [-0.15, -0.1) is 0 Å². The van der Waals surface area contributed by atoms with Gasteiger partial charge in [0.05, 0.1) is 7.11 Å². The lowest BCUT2D eigenvalue weighted by Gasteiger charge is -2.20. The van der Waals surface area contributed by atoms with E-state index in [1.807, 2.05) is 42.3 Å². The maximum atomic E-state index is 5.76. The first-order chi connectivity index (χ1) is 9.67. The summed E-state index contributed by atoms with van der Waals surface area (Å²) in [5.74, 6) is 1.73. The molecular formula is C16H21N3O. The maximum absolute atomic E-state index is 5.76. The molecule has 2 aromatic rings. The minimum atomic E-state index is 0.522. The van der Waals surface area contributed by atoms with Gasteiger partial charge in [0.25, 0.3) is 0 Å². The number of aryl methyl sites for hydroxylation is 1. The summed E-state index contributed by atoms with van der Waals surface area (Å²) in [6.45, 7) is 2.62. The quantitative estimate of drug-likeness (QED) is 0.908. The van der Waals surface area contributed by atoms with Crippen LogP contribution in [0.5, 0.6) is 5.75 Å². The molecule has 20 heavy (non-hydrogen) atoms. The Balaban J connectivity index is 2.38. The third-order valence-electron chi connectivity index (χ3n) is 3.31. The molecule has 0 saturated heterocycles. The molecule has 0 bridgehead atoms. The second-order valence-corrected chi connectivity index (χ2v) is 4.64. The number of aromatic nitrogens is 1. The van der Waals surface area contributed by atoms with E-state index in [-0.39, 0.29) is 0 Å². The van der Waals surface area contributed by atoms with Crippen molar-refractivity contribution in [3.63, 3.8) is 0 Å². The molecular weight excluding hydrogens is 250 g/mol. The Bertz CT molecular complexity index is 561. The molecule has 2 rings (SSSR count). The van der Waals surface area contributed by atoms with Crippen LogP contribution in [0.3, 0.4) is 0 Å². The summed E-state index contributed by atoms with van der Waals surface area (Å²) < 4.78 is 5.26. The molecule has 106 valence electrons. The number of pyridine rings is 1. The highest BCUT2D eigenvalue weighted by atomic mass is 16.5. The Kier molecular flexibility index (Phi) is 4.58. The van der Waals surface area contributed by atoms with Gasteiger partial charge in [-0.1, -0.05) is 13.0 Å². The first kappa shape index (κ1) is 14.3. The summed E-state index contributed by atoms with van der Waals surface area (Å²) in [4.78, 5) is 6.70. The van der Waals surface area contributed by atoms with E-state index in [0.29, 0.717) is 6.54 Å². The van der Waals surface area contributed by atoms with Gasteiger partial charge in [-0.3, -0.25) is 0 Å². The number of anilines is 2. The highest BCUT2D eigenvalue weighted by Crippen LogP contribution is 2.26. The Morgan fingerprint density at radius 2 is 2.05 bits per heavy atom. The molecule has 0 fully saturated rings. The molecule has 0 radical (unpaired) electrons. The van der Waals surface area contributed by atoms with Crippen molar-refractivity contribution in [2.24, 2.45) is 5.73 Å². The molecule has 0 spiro atoms. The average molecular weight is 271 g/mol. The summed E-state index contributed by atoms with van der Waals surface area (Å²) in [7, 11) is 3.67. The molecule has 1 heterocycles. The van der Waals surface area contributed by atoms with E-state index in [1.165, 1.54) is 0 Å². The van der Waals surface area contributed by atoms with Gasteiger partial charge in [0, 0.05) is 31.0 Å².